The summed E-state index contributed by atoms with van der Waals surface area (Å²) in [6.07, 6.45) is 2.91. The van der Waals surface area contributed by atoms with Crippen LogP contribution in [0.5, 0.6) is 0 Å². The van der Waals surface area contributed by atoms with Crippen LogP contribution in [0.4, 0.5) is 5.95 Å². The van der Waals surface area contributed by atoms with Gasteiger partial charge in [-0.3, -0.25) is 0 Å². The molecule has 1 unspecified atom stereocenters. The lowest BCUT2D eigenvalue weighted by molar-refractivity contribution is 0.300. The summed E-state index contributed by atoms with van der Waals surface area (Å²) in [5, 5.41) is 8.72. The summed E-state index contributed by atoms with van der Waals surface area (Å²) in [6.45, 7) is 1.02. The number of aromatic nitrogens is 3. The maximum Gasteiger partial charge on any atom is 0.228 e. The molecule has 5 nitrogen and oxygen atoms in total. The molecule has 11 heavy (non-hydrogen) atoms. The highest BCUT2D eigenvalue weighted by Crippen LogP contribution is 2.21. The van der Waals surface area contributed by atoms with Crippen LogP contribution in [0.3, 0.4) is 0 Å². The van der Waals surface area contributed by atoms with Crippen molar-refractivity contribution in [3.63, 3.8) is 0 Å². The molecule has 1 aromatic heterocycles. The Morgan fingerprint density at radius 3 is 2.82 bits per heavy atom. The van der Waals surface area contributed by atoms with Gasteiger partial charge >= 0.3 is 0 Å². The fourth-order valence-corrected chi connectivity index (χ4v) is 0.963. The fourth-order valence-electron chi connectivity index (χ4n) is 0.963. The van der Waals surface area contributed by atoms with E-state index in [1.165, 1.54) is 12.7 Å². The Morgan fingerprint density at radius 1 is 1.55 bits per heavy atom. The second-order valence-corrected chi connectivity index (χ2v) is 2.43. The summed E-state index contributed by atoms with van der Waals surface area (Å²) in [7, 11) is 0. The van der Waals surface area contributed by atoms with Crippen molar-refractivity contribution in [2.75, 3.05) is 18.1 Å². The van der Waals surface area contributed by atoms with Crippen molar-refractivity contribution in [3.05, 3.63) is 12.7 Å². The zero-order valence-corrected chi connectivity index (χ0v) is 5.88. The van der Waals surface area contributed by atoms with Gasteiger partial charge in [-0.15, -0.1) is 0 Å². The summed E-state index contributed by atoms with van der Waals surface area (Å²) >= 11 is 0. The quantitative estimate of drug-likeness (QED) is 0.554. The van der Waals surface area contributed by atoms with Crippen molar-refractivity contribution in [1.29, 1.82) is 0 Å². The maximum atomic E-state index is 8.72. The highest BCUT2D eigenvalue weighted by molar-refractivity contribution is 5.40. The number of anilines is 1. The zero-order valence-electron chi connectivity index (χ0n) is 5.88. The molecule has 5 heteroatoms. The first-order chi connectivity index (χ1) is 5.42. The van der Waals surface area contributed by atoms with Crippen LogP contribution in [-0.2, 0) is 0 Å². The number of aliphatic hydroxyl groups excluding tert-OH is 1. The van der Waals surface area contributed by atoms with E-state index in [2.05, 4.69) is 15.0 Å². The van der Waals surface area contributed by atoms with Crippen LogP contribution in [0, 0.1) is 0 Å². The molecule has 2 rings (SSSR count). The smallest absolute Gasteiger partial charge is 0.228 e. The molecular weight excluding hydrogens is 144 g/mol. The van der Waals surface area contributed by atoms with Crippen LogP contribution in [0.1, 0.15) is 0 Å². The molecule has 0 radical (unpaired) electrons. The van der Waals surface area contributed by atoms with E-state index in [4.69, 9.17) is 5.11 Å². The highest BCUT2D eigenvalue weighted by Gasteiger charge is 2.35. The number of hydrogen-bond acceptors (Lipinski definition) is 5. The first-order valence-corrected chi connectivity index (χ1v) is 3.41. The average Bonchev–Trinajstić information content (AvgIpc) is 2.85. The Bertz CT molecular complexity index is 240. The molecule has 0 spiro atoms. The monoisotopic (exact) mass is 152 g/mol. The van der Waals surface area contributed by atoms with Crippen molar-refractivity contribution in [1.82, 2.24) is 15.0 Å². The lowest BCUT2D eigenvalue weighted by Gasteiger charge is -1.98. The zero-order chi connectivity index (χ0) is 7.68. The molecule has 0 saturated carbocycles. The average molecular weight is 152 g/mol. The molecule has 2 heterocycles. The van der Waals surface area contributed by atoms with Gasteiger partial charge in [0, 0.05) is 6.54 Å². The van der Waals surface area contributed by atoms with Gasteiger partial charge in [0.05, 0.1) is 12.6 Å². The van der Waals surface area contributed by atoms with Gasteiger partial charge in [0.25, 0.3) is 0 Å². The van der Waals surface area contributed by atoms with E-state index < -0.39 is 0 Å². The summed E-state index contributed by atoms with van der Waals surface area (Å²) < 4.78 is 0. The van der Waals surface area contributed by atoms with Crippen molar-refractivity contribution in [2.24, 2.45) is 0 Å². The lowest BCUT2D eigenvalue weighted by atomic mass is 10.5. The standard InChI is InChI=1S/C6H8N4O/c11-2-5-1-10(5)6-8-3-7-4-9-6/h3-5,11H,1-2H2. The van der Waals surface area contributed by atoms with Gasteiger partial charge in [-0.25, -0.2) is 15.0 Å². The lowest BCUT2D eigenvalue weighted by Crippen LogP contribution is -2.06. The minimum absolute atomic E-state index is 0.172. The Kier molecular flexibility index (Phi) is 1.43. The number of hydrogen-bond donors (Lipinski definition) is 1. The second kappa shape index (κ2) is 2.43. The molecule has 1 N–H and O–H groups in total. The van der Waals surface area contributed by atoms with Gasteiger partial charge < -0.3 is 10.0 Å². The molecule has 1 saturated heterocycles. The van der Waals surface area contributed by atoms with E-state index >= 15 is 0 Å². The van der Waals surface area contributed by atoms with Crippen molar-refractivity contribution in [2.45, 2.75) is 6.04 Å². The van der Waals surface area contributed by atoms with E-state index in [-0.39, 0.29) is 12.6 Å². The Labute approximate surface area is 63.7 Å². The molecule has 1 aromatic rings. The van der Waals surface area contributed by atoms with Crippen LogP contribution in [0.15, 0.2) is 12.7 Å². The van der Waals surface area contributed by atoms with Gasteiger partial charge in [0.15, 0.2) is 0 Å². The van der Waals surface area contributed by atoms with Crippen LogP contribution in [-0.4, -0.2) is 39.3 Å². The third kappa shape index (κ3) is 1.14. The molecule has 0 bridgehead atoms. The van der Waals surface area contributed by atoms with Gasteiger partial charge in [0.2, 0.25) is 5.95 Å². The van der Waals surface area contributed by atoms with Crippen molar-refractivity contribution < 1.29 is 5.11 Å². The van der Waals surface area contributed by atoms with Crippen LogP contribution < -0.4 is 4.90 Å². The van der Waals surface area contributed by atoms with Gasteiger partial charge in [-0.1, -0.05) is 0 Å². The Balaban J connectivity index is 2.09. The first-order valence-electron chi connectivity index (χ1n) is 3.41. The summed E-state index contributed by atoms with van der Waals surface area (Å²) in [4.78, 5) is 13.5. The normalized spacial score (nSPS) is 21.9. The Morgan fingerprint density at radius 2 is 2.27 bits per heavy atom. The largest absolute Gasteiger partial charge is 0.394 e. The van der Waals surface area contributed by atoms with E-state index in [1.807, 2.05) is 4.90 Å². The molecule has 58 valence electrons. The van der Waals surface area contributed by atoms with Gasteiger partial charge in [-0.2, -0.15) is 0 Å². The van der Waals surface area contributed by atoms with E-state index in [0.29, 0.717) is 5.95 Å². The van der Waals surface area contributed by atoms with E-state index in [0.717, 1.165) is 6.54 Å². The van der Waals surface area contributed by atoms with Gasteiger partial charge in [-0.05, 0) is 0 Å². The molecular formula is C6H8N4O. The van der Waals surface area contributed by atoms with E-state index in [9.17, 15) is 0 Å². The predicted octanol–water partition coefficient (Wildman–Crippen LogP) is -0.948. The summed E-state index contributed by atoms with van der Waals surface area (Å²) in [6, 6.07) is 0.220. The van der Waals surface area contributed by atoms with Crippen molar-refractivity contribution >= 4 is 5.95 Å². The molecule has 0 aliphatic carbocycles. The fraction of sp³-hybridized carbons (Fsp3) is 0.500. The molecule has 1 aliphatic heterocycles. The maximum absolute atomic E-state index is 8.72. The molecule has 1 aliphatic rings. The molecule has 1 fully saturated rings. The summed E-state index contributed by atoms with van der Waals surface area (Å²) in [5.74, 6) is 0.652. The number of rotatable bonds is 2. The second-order valence-electron chi connectivity index (χ2n) is 2.43. The summed E-state index contributed by atoms with van der Waals surface area (Å²) in [5.41, 5.74) is 0. The highest BCUT2D eigenvalue weighted by atomic mass is 16.3. The van der Waals surface area contributed by atoms with Crippen LogP contribution in [0.25, 0.3) is 0 Å². The third-order valence-corrected chi connectivity index (χ3v) is 1.66. The van der Waals surface area contributed by atoms with E-state index in [1.54, 1.807) is 0 Å². The van der Waals surface area contributed by atoms with Crippen LogP contribution in [0.2, 0.25) is 0 Å². The number of aliphatic hydroxyl groups is 1. The van der Waals surface area contributed by atoms with Crippen LogP contribution >= 0.6 is 0 Å². The predicted molar refractivity (Wildman–Crippen MR) is 38.0 cm³/mol. The molecule has 1 atom stereocenters. The molecule has 0 amide bonds. The SMILES string of the molecule is OCC1CN1c1ncncn1. The minimum atomic E-state index is 0.172. The van der Waals surface area contributed by atoms with Crippen molar-refractivity contribution in [3.8, 4) is 0 Å². The topological polar surface area (TPSA) is 61.9 Å². The Hall–Kier alpha value is -1.23. The minimum Gasteiger partial charge on any atom is -0.394 e. The third-order valence-electron chi connectivity index (χ3n) is 1.66. The molecule has 0 aromatic carbocycles. The first kappa shape index (κ1) is 6.48. The van der Waals surface area contributed by atoms with Gasteiger partial charge in [0.1, 0.15) is 12.7 Å². The number of nitrogens with zero attached hydrogens (tertiary/aromatic N) is 4.